The highest BCUT2D eigenvalue weighted by molar-refractivity contribution is 5.94. The van der Waals surface area contributed by atoms with Crippen LogP contribution in [-0.4, -0.2) is 39.2 Å². The summed E-state index contributed by atoms with van der Waals surface area (Å²) in [6, 6.07) is 15.6. The van der Waals surface area contributed by atoms with Gasteiger partial charge in [0.2, 0.25) is 5.91 Å². The molecule has 3 aromatic rings. The predicted molar refractivity (Wildman–Crippen MR) is 121 cm³/mol. The molecule has 1 atom stereocenters. The molecule has 31 heavy (non-hydrogen) atoms. The Bertz CT molecular complexity index is 1070. The molecule has 160 valence electrons. The zero-order valence-corrected chi connectivity index (χ0v) is 18.0. The number of carbonyl (C=O) groups is 2. The maximum absolute atomic E-state index is 12.9. The number of aryl methyl sites for hydroxylation is 1. The molecule has 0 spiro atoms. The van der Waals surface area contributed by atoms with Crippen LogP contribution in [0.1, 0.15) is 41.5 Å². The zero-order chi connectivity index (χ0) is 21.8. The van der Waals surface area contributed by atoms with Crippen molar-refractivity contribution < 1.29 is 9.59 Å². The molecule has 0 bridgehead atoms. The summed E-state index contributed by atoms with van der Waals surface area (Å²) < 4.78 is 2.01. The number of piperidine rings is 1. The smallest absolute Gasteiger partial charge is 0.228 e. The lowest BCUT2D eigenvalue weighted by atomic mass is 9.96. The number of likely N-dealkylation sites (tertiary alicyclic amines) is 1. The Labute approximate surface area is 182 Å². The summed E-state index contributed by atoms with van der Waals surface area (Å²) in [4.78, 5) is 31.1. The Morgan fingerprint density at radius 2 is 1.97 bits per heavy atom. The molecule has 1 saturated heterocycles. The van der Waals surface area contributed by atoms with Gasteiger partial charge in [0.15, 0.2) is 5.78 Å². The molecule has 1 N–H and O–H groups in total. The maximum Gasteiger partial charge on any atom is 0.228 e. The van der Waals surface area contributed by atoms with E-state index in [9.17, 15) is 9.59 Å². The number of hydrogen-bond acceptors (Lipinski definition) is 4. The van der Waals surface area contributed by atoms with Gasteiger partial charge in [0.05, 0.1) is 5.92 Å². The van der Waals surface area contributed by atoms with Gasteiger partial charge in [0, 0.05) is 42.4 Å². The third kappa shape index (κ3) is 5.09. The fourth-order valence-corrected chi connectivity index (χ4v) is 4.16. The van der Waals surface area contributed by atoms with Crippen LogP contribution in [-0.2, 0) is 11.3 Å². The van der Waals surface area contributed by atoms with Gasteiger partial charge in [-0.1, -0.05) is 18.2 Å². The molecule has 4 rings (SSSR count). The third-order valence-corrected chi connectivity index (χ3v) is 5.85. The average molecular weight is 417 g/mol. The van der Waals surface area contributed by atoms with Crippen LogP contribution in [0.25, 0.3) is 5.69 Å². The molecule has 6 heteroatoms. The quantitative estimate of drug-likeness (QED) is 0.611. The molecule has 1 aliphatic rings. The molecule has 1 fully saturated rings. The number of benzene rings is 2. The summed E-state index contributed by atoms with van der Waals surface area (Å²) in [5, 5.41) is 3.07. The van der Waals surface area contributed by atoms with Gasteiger partial charge in [-0.3, -0.25) is 14.5 Å². The lowest BCUT2D eigenvalue weighted by Crippen LogP contribution is -2.40. The molecule has 2 aromatic carbocycles. The summed E-state index contributed by atoms with van der Waals surface area (Å²) in [7, 11) is 0. The van der Waals surface area contributed by atoms with Crippen molar-refractivity contribution >= 4 is 17.4 Å². The molecule has 6 nitrogen and oxygen atoms in total. The van der Waals surface area contributed by atoms with E-state index in [0.29, 0.717) is 0 Å². The van der Waals surface area contributed by atoms with Gasteiger partial charge >= 0.3 is 0 Å². The number of imidazole rings is 1. The minimum atomic E-state index is -0.0414. The Morgan fingerprint density at radius 3 is 2.68 bits per heavy atom. The van der Waals surface area contributed by atoms with E-state index in [0.717, 1.165) is 60.8 Å². The lowest BCUT2D eigenvalue weighted by Gasteiger charge is -2.32. The van der Waals surface area contributed by atoms with Crippen LogP contribution < -0.4 is 5.32 Å². The number of Topliss-reactive ketones (excluding diaryl/α,β-unsaturated/α-hetero) is 1. The van der Waals surface area contributed by atoms with Gasteiger partial charge in [-0.15, -0.1) is 0 Å². The molecule has 0 unspecified atom stereocenters. The highest BCUT2D eigenvalue weighted by atomic mass is 16.2. The molecule has 1 aliphatic heterocycles. The number of ketones is 1. The minimum Gasteiger partial charge on any atom is -0.326 e. The van der Waals surface area contributed by atoms with Crippen molar-refractivity contribution in [1.29, 1.82) is 0 Å². The van der Waals surface area contributed by atoms with E-state index in [1.165, 1.54) is 0 Å². The summed E-state index contributed by atoms with van der Waals surface area (Å²) in [5.41, 5.74) is 3.67. The Balaban J connectivity index is 1.36. The average Bonchev–Trinajstić information content (AvgIpc) is 3.20. The number of anilines is 1. The maximum atomic E-state index is 12.9. The highest BCUT2D eigenvalue weighted by Gasteiger charge is 2.26. The van der Waals surface area contributed by atoms with E-state index in [4.69, 9.17) is 0 Å². The molecule has 0 saturated carbocycles. The van der Waals surface area contributed by atoms with Crippen LogP contribution in [0.15, 0.2) is 60.9 Å². The normalized spacial score (nSPS) is 16.8. The van der Waals surface area contributed by atoms with Gasteiger partial charge in [-0.05, 0) is 69.1 Å². The molecular weight excluding hydrogens is 388 g/mol. The molecule has 1 aromatic heterocycles. The van der Waals surface area contributed by atoms with Crippen LogP contribution in [0.4, 0.5) is 5.69 Å². The van der Waals surface area contributed by atoms with Crippen molar-refractivity contribution in [2.24, 2.45) is 5.92 Å². The van der Waals surface area contributed by atoms with Crippen LogP contribution in [0.5, 0.6) is 0 Å². The monoisotopic (exact) mass is 416 g/mol. The van der Waals surface area contributed by atoms with Gasteiger partial charge in [0.1, 0.15) is 5.82 Å². The van der Waals surface area contributed by atoms with Gasteiger partial charge in [0.25, 0.3) is 0 Å². The Morgan fingerprint density at radius 1 is 1.16 bits per heavy atom. The van der Waals surface area contributed by atoms with Gasteiger partial charge in [-0.2, -0.15) is 0 Å². The van der Waals surface area contributed by atoms with Crippen molar-refractivity contribution in [3.05, 3.63) is 77.9 Å². The standard InChI is InChI=1S/C25H28N4O2/c1-18(30)21-6-3-5-20(15-21)16-28-13-4-7-22(17-28)25(31)27-23-8-10-24(11-9-23)29-14-12-26-19(29)2/h3,5-6,8-12,14-15,22H,4,7,13,16-17H2,1-2H3,(H,27,31)/t22-/m0/s1. The minimum absolute atomic E-state index is 0.0414. The Hall–Kier alpha value is -3.25. The second-order valence-electron chi connectivity index (χ2n) is 8.21. The molecule has 2 heterocycles. The number of amides is 1. The topological polar surface area (TPSA) is 67.2 Å². The lowest BCUT2D eigenvalue weighted by molar-refractivity contribution is -0.121. The Kier molecular flexibility index (Phi) is 6.28. The van der Waals surface area contributed by atoms with Crippen molar-refractivity contribution in [2.75, 3.05) is 18.4 Å². The third-order valence-electron chi connectivity index (χ3n) is 5.85. The fourth-order valence-electron chi connectivity index (χ4n) is 4.16. The summed E-state index contributed by atoms with van der Waals surface area (Å²) in [6.07, 6.45) is 5.58. The molecule has 1 amide bonds. The first-order valence-corrected chi connectivity index (χ1v) is 10.7. The van der Waals surface area contributed by atoms with E-state index in [1.807, 2.05) is 66.2 Å². The summed E-state index contributed by atoms with van der Waals surface area (Å²) >= 11 is 0. The largest absolute Gasteiger partial charge is 0.326 e. The van der Waals surface area contributed by atoms with Crippen LogP contribution in [0.2, 0.25) is 0 Å². The van der Waals surface area contributed by atoms with Crippen molar-refractivity contribution in [3.8, 4) is 5.69 Å². The van der Waals surface area contributed by atoms with Gasteiger partial charge in [-0.25, -0.2) is 4.98 Å². The number of nitrogens with one attached hydrogen (secondary N) is 1. The SMILES string of the molecule is CC(=O)c1cccc(CN2CCC[C@H](C(=O)Nc3ccc(-n4ccnc4C)cc3)C2)c1. The first-order chi connectivity index (χ1) is 15.0. The van der Waals surface area contributed by atoms with Crippen LogP contribution >= 0.6 is 0 Å². The van der Waals surface area contributed by atoms with E-state index in [2.05, 4.69) is 15.2 Å². The highest BCUT2D eigenvalue weighted by Crippen LogP contribution is 2.22. The van der Waals surface area contributed by atoms with Crippen molar-refractivity contribution in [2.45, 2.75) is 33.2 Å². The van der Waals surface area contributed by atoms with Crippen LogP contribution in [0.3, 0.4) is 0 Å². The zero-order valence-electron chi connectivity index (χ0n) is 18.0. The molecular formula is C25H28N4O2. The summed E-state index contributed by atoms with van der Waals surface area (Å²) in [5.74, 6) is 1.02. The fraction of sp³-hybridized carbons (Fsp3) is 0.320. The van der Waals surface area contributed by atoms with Gasteiger partial charge < -0.3 is 9.88 Å². The second-order valence-corrected chi connectivity index (χ2v) is 8.21. The van der Waals surface area contributed by atoms with Crippen LogP contribution in [0, 0.1) is 12.8 Å². The summed E-state index contributed by atoms with van der Waals surface area (Å²) in [6.45, 7) is 5.99. The molecule has 0 radical (unpaired) electrons. The van der Waals surface area contributed by atoms with E-state index in [-0.39, 0.29) is 17.6 Å². The van der Waals surface area contributed by atoms with Crippen molar-refractivity contribution in [3.63, 3.8) is 0 Å². The van der Waals surface area contributed by atoms with E-state index < -0.39 is 0 Å². The number of carbonyl (C=O) groups excluding carboxylic acids is 2. The number of aromatic nitrogens is 2. The van der Waals surface area contributed by atoms with Crippen molar-refractivity contribution in [1.82, 2.24) is 14.5 Å². The second kappa shape index (κ2) is 9.27. The van der Waals surface area contributed by atoms with E-state index in [1.54, 1.807) is 13.1 Å². The number of rotatable bonds is 6. The first-order valence-electron chi connectivity index (χ1n) is 10.7. The number of hydrogen-bond donors (Lipinski definition) is 1. The molecule has 0 aliphatic carbocycles. The number of nitrogens with zero attached hydrogens (tertiary/aromatic N) is 3. The predicted octanol–water partition coefficient (Wildman–Crippen LogP) is 4.23. The van der Waals surface area contributed by atoms with E-state index >= 15 is 0 Å². The first kappa shape index (κ1) is 21.0.